The van der Waals surface area contributed by atoms with Gasteiger partial charge in [0.05, 0.1) is 48.7 Å². The van der Waals surface area contributed by atoms with Gasteiger partial charge in [0.2, 0.25) is 11.8 Å². The lowest BCUT2D eigenvalue weighted by molar-refractivity contribution is -0.136. The van der Waals surface area contributed by atoms with Crippen LogP contribution in [0.3, 0.4) is 0 Å². The molecule has 16 heteroatoms. The molecule has 7 atom stereocenters. The monoisotopic (exact) mass is 907 g/mol. The number of carbonyl (C=O) groups excluding carboxylic acids is 3. The van der Waals surface area contributed by atoms with Gasteiger partial charge in [0.1, 0.15) is 36.1 Å². The van der Waals surface area contributed by atoms with E-state index in [1.807, 2.05) is 50.9 Å². The number of benzene rings is 3. The highest BCUT2D eigenvalue weighted by Crippen LogP contribution is 2.44. The number of ether oxygens (including phenoxy) is 3. The van der Waals surface area contributed by atoms with E-state index >= 15 is 0 Å². The number of rotatable bonds is 12. The van der Waals surface area contributed by atoms with Crippen LogP contribution in [0, 0.1) is 29.6 Å². The van der Waals surface area contributed by atoms with Crippen molar-refractivity contribution in [3.05, 3.63) is 65.9 Å². The molecule has 2 fully saturated rings. The molecule has 16 nitrogen and oxygen atoms in total. The lowest BCUT2D eigenvalue weighted by atomic mass is 9.92. The number of aromatic nitrogens is 4. The fraction of sp³-hybridized carbons (Fsp3) is 0.520. The number of likely N-dealkylation sites (tertiary alicyclic amines) is 2. The molecule has 0 saturated carbocycles. The lowest BCUT2D eigenvalue weighted by Gasteiger charge is -2.30. The van der Waals surface area contributed by atoms with E-state index in [4.69, 9.17) is 24.2 Å². The molecule has 5 aromatic rings. The van der Waals surface area contributed by atoms with Crippen LogP contribution in [0.5, 0.6) is 5.75 Å². The van der Waals surface area contributed by atoms with Crippen LogP contribution in [0.25, 0.3) is 44.2 Å². The molecule has 0 aliphatic carbocycles. The summed E-state index contributed by atoms with van der Waals surface area (Å²) in [5.74, 6) is 2.49. The van der Waals surface area contributed by atoms with E-state index in [2.05, 4.69) is 78.6 Å². The molecule has 5 heterocycles. The van der Waals surface area contributed by atoms with Gasteiger partial charge in [0.25, 0.3) is 0 Å². The summed E-state index contributed by atoms with van der Waals surface area (Å²) in [6, 6.07) is 12.3. The predicted octanol–water partition coefficient (Wildman–Crippen LogP) is 8.84. The number of hydrogen-bond acceptors (Lipinski definition) is 9. The second-order valence-corrected chi connectivity index (χ2v) is 19.3. The van der Waals surface area contributed by atoms with Gasteiger partial charge in [-0.15, -0.1) is 0 Å². The van der Waals surface area contributed by atoms with Gasteiger partial charge in [0, 0.05) is 37.1 Å². The van der Waals surface area contributed by atoms with Crippen molar-refractivity contribution in [2.75, 3.05) is 33.9 Å². The molecular formula is C50H66N8O8. The quantitative estimate of drug-likeness (QED) is 0.0805. The van der Waals surface area contributed by atoms with E-state index in [0.717, 1.165) is 67.8 Å². The molecule has 354 valence electrons. The molecule has 3 aliphatic heterocycles. The molecule has 0 bridgehead atoms. The molecule has 0 radical (unpaired) electrons. The summed E-state index contributed by atoms with van der Waals surface area (Å²) in [6.45, 7) is 18.0. The summed E-state index contributed by atoms with van der Waals surface area (Å²) in [4.78, 5) is 72.1. The Morgan fingerprint density at radius 3 is 2.27 bits per heavy atom. The Hall–Kier alpha value is -6.16. The van der Waals surface area contributed by atoms with Gasteiger partial charge in [-0.3, -0.25) is 9.59 Å². The molecule has 5 N–H and O–H groups in total. The van der Waals surface area contributed by atoms with Crippen molar-refractivity contribution in [1.82, 2.24) is 40.4 Å². The first-order valence-corrected chi connectivity index (χ1v) is 23.2. The first-order chi connectivity index (χ1) is 31.5. The minimum atomic E-state index is -1.24. The number of hydrogen-bond donors (Lipinski definition) is 5. The molecule has 4 amide bonds. The zero-order valence-electron chi connectivity index (χ0n) is 39.9. The zero-order chi connectivity index (χ0) is 47.6. The van der Waals surface area contributed by atoms with E-state index < -0.39 is 24.3 Å². The number of methoxy groups -OCH3 is 2. The maximum Gasteiger partial charge on any atom is 0.407 e. The average molecular weight is 907 g/mol. The first-order valence-electron chi connectivity index (χ1n) is 23.2. The number of imidazole rings is 2. The van der Waals surface area contributed by atoms with Gasteiger partial charge < -0.3 is 49.7 Å². The summed E-state index contributed by atoms with van der Waals surface area (Å²) in [5.41, 5.74) is 6.42. The fourth-order valence-electron chi connectivity index (χ4n) is 9.49. The third-order valence-corrected chi connectivity index (χ3v) is 12.9. The number of amides is 4. The Morgan fingerprint density at radius 2 is 1.59 bits per heavy atom. The van der Waals surface area contributed by atoms with Crippen LogP contribution >= 0.6 is 0 Å². The number of nitrogens with one attached hydrogen (secondary N) is 4. The van der Waals surface area contributed by atoms with E-state index in [1.165, 1.54) is 7.11 Å². The number of carbonyl (C=O) groups is 4. The molecule has 0 spiro atoms. The number of carboxylic acid groups (broad SMARTS) is 1. The minimum absolute atomic E-state index is 0.0654. The number of aromatic amines is 2. The normalized spacial score (nSPS) is 20.3. The van der Waals surface area contributed by atoms with Gasteiger partial charge in [-0.2, -0.15) is 0 Å². The zero-order valence-corrected chi connectivity index (χ0v) is 39.9. The van der Waals surface area contributed by atoms with Crippen molar-refractivity contribution in [3.63, 3.8) is 0 Å². The van der Waals surface area contributed by atoms with E-state index in [0.29, 0.717) is 50.8 Å². The largest absolute Gasteiger partial charge is 0.488 e. The van der Waals surface area contributed by atoms with Crippen molar-refractivity contribution < 1.29 is 38.5 Å². The van der Waals surface area contributed by atoms with Gasteiger partial charge in [-0.1, -0.05) is 80.0 Å². The van der Waals surface area contributed by atoms with Crippen LogP contribution < -0.4 is 15.4 Å². The summed E-state index contributed by atoms with van der Waals surface area (Å²) in [5, 5.41) is 16.6. The van der Waals surface area contributed by atoms with Crippen LogP contribution in [0.15, 0.2) is 48.7 Å². The number of nitrogens with zero attached hydrogens (tertiary/aromatic N) is 4. The Bertz CT molecular complexity index is 2560. The molecular weight excluding hydrogens is 841 g/mol. The Kier molecular flexibility index (Phi) is 14.6. The lowest BCUT2D eigenvalue weighted by Crippen LogP contribution is -2.51. The van der Waals surface area contributed by atoms with Crippen molar-refractivity contribution in [1.29, 1.82) is 0 Å². The Labute approximate surface area is 386 Å². The molecule has 3 aromatic carbocycles. The Balaban J connectivity index is 0.00000156. The van der Waals surface area contributed by atoms with Gasteiger partial charge in [-0.05, 0) is 82.9 Å². The van der Waals surface area contributed by atoms with Crippen molar-refractivity contribution in [2.45, 2.75) is 105 Å². The summed E-state index contributed by atoms with van der Waals surface area (Å²) in [6.07, 6.45) is 2.03. The predicted molar refractivity (Wildman–Crippen MR) is 253 cm³/mol. The molecule has 3 aliphatic rings. The smallest absolute Gasteiger partial charge is 0.407 e. The van der Waals surface area contributed by atoms with Gasteiger partial charge in [-0.25, -0.2) is 19.6 Å². The van der Waals surface area contributed by atoms with Crippen LogP contribution in [0.4, 0.5) is 9.59 Å². The maximum atomic E-state index is 14.0. The molecule has 8 rings (SSSR count). The highest BCUT2D eigenvalue weighted by Gasteiger charge is 2.43. The highest BCUT2D eigenvalue weighted by atomic mass is 16.5. The molecule has 0 unspecified atom stereocenters. The van der Waals surface area contributed by atoms with Gasteiger partial charge in [0.15, 0.2) is 0 Å². The molecule has 66 heavy (non-hydrogen) atoms. The summed E-state index contributed by atoms with van der Waals surface area (Å²) < 4.78 is 16.7. The van der Waals surface area contributed by atoms with Crippen molar-refractivity contribution >= 4 is 45.8 Å². The number of alkyl carbamates (subject to hydrolysis) is 1. The number of H-pyrrole nitrogens is 2. The summed E-state index contributed by atoms with van der Waals surface area (Å²) >= 11 is 0. The summed E-state index contributed by atoms with van der Waals surface area (Å²) in [7, 11) is 2.94. The standard InChI is InChI=1S/C46H56N8O8.C4H10/c1-8-25(5)39(52-46(59)61-7)44(56)53-19-24(4)13-35(53)41-47-18-34(49-41)28-9-11-30-29(15-28)22-62-37-17-31-27(16-32(30)37)10-12-33-40(31)50-42(48-33)36-14-26(21-60-6)20-54(36)43(55)38(23(2)3)51-45(57)58;1-4(2)3/h9-12,15-18,23-26,35-36,38-39,51H,8,13-14,19-22H2,1-7H3,(H,47,49)(H,48,50)(H,52,59)(H,57,58);4H,1-3H3/t24-,25+,26-,35-,36-,38-,39-;/m0./s1. The second kappa shape index (κ2) is 20.1. The third kappa shape index (κ3) is 9.98. The van der Waals surface area contributed by atoms with E-state index in [9.17, 15) is 24.3 Å². The van der Waals surface area contributed by atoms with Crippen LogP contribution in [-0.4, -0.2) is 105 Å². The highest BCUT2D eigenvalue weighted by molar-refractivity contribution is 6.07. The van der Waals surface area contributed by atoms with Crippen LogP contribution in [0.2, 0.25) is 0 Å². The van der Waals surface area contributed by atoms with Crippen LogP contribution in [-0.2, 0) is 25.7 Å². The van der Waals surface area contributed by atoms with Crippen molar-refractivity contribution in [2.24, 2.45) is 29.6 Å². The Morgan fingerprint density at radius 1 is 0.879 bits per heavy atom. The van der Waals surface area contributed by atoms with Crippen molar-refractivity contribution in [3.8, 4) is 28.1 Å². The average Bonchev–Trinajstić information content (AvgIpc) is 4.11. The topological polar surface area (TPSA) is 204 Å². The SMILES string of the molecule is CC(C)C.CC[C@@H](C)[C@H](NC(=O)OC)C(=O)N1C[C@@H](C)C[C@H]1c1ncc(-c2ccc3c(c2)COc2cc4c(ccc5[nH]c([C@@H]6C[C@H](COC)CN6C(=O)[C@@H](NC(=O)O)C(C)C)nc54)cc2-3)[nH]1. The first kappa shape index (κ1) is 47.8. The minimum Gasteiger partial charge on any atom is -0.488 e. The molecule has 2 saturated heterocycles. The second-order valence-electron chi connectivity index (χ2n) is 19.3. The maximum absolute atomic E-state index is 14.0. The third-order valence-electron chi connectivity index (χ3n) is 12.9. The van der Waals surface area contributed by atoms with E-state index in [-0.39, 0.29) is 47.6 Å². The molecule has 2 aromatic heterocycles. The fourth-order valence-corrected chi connectivity index (χ4v) is 9.49. The van der Waals surface area contributed by atoms with E-state index in [1.54, 1.807) is 12.0 Å². The van der Waals surface area contributed by atoms with Gasteiger partial charge >= 0.3 is 12.2 Å². The number of fused-ring (bicyclic) bond motifs is 6. The van der Waals surface area contributed by atoms with Crippen LogP contribution in [0.1, 0.15) is 104 Å².